The molecule has 0 aliphatic carbocycles. The van der Waals surface area contributed by atoms with Gasteiger partial charge in [0.05, 0.1) is 13.2 Å². The molecule has 0 heterocycles. The van der Waals surface area contributed by atoms with Gasteiger partial charge in [0, 0.05) is 6.42 Å². The van der Waals surface area contributed by atoms with Crippen LogP contribution in [0, 0.1) is 5.92 Å². The van der Waals surface area contributed by atoms with Crippen LogP contribution in [0.1, 0.15) is 25.8 Å². The molecule has 0 aromatic heterocycles. The first-order valence-corrected chi connectivity index (χ1v) is 7.17. The Hall–Kier alpha value is -1.88. The van der Waals surface area contributed by atoms with Crippen LogP contribution in [-0.2, 0) is 20.7 Å². The molecule has 3 unspecified atom stereocenters. The predicted molar refractivity (Wildman–Crippen MR) is 81.5 cm³/mol. The smallest absolute Gasteiger partial charge is 0.328 e. The van der Waals surface area contributed by atoms with E-state index in [4.69, 9.17) is 10.5 Å². The third-order valence-electron chi connectivity index (χ3n) is 3.64. The Balaban J connectivity index is 2.75. The summed E-state index contributed by atoms with van der Waals surface area (Å²) in [4.78, 5) is 24.0. The monoisotopic (exact) mass is 292 g/mol. The van der Waals surface area contributed by atoms with E-state index < -0.39 is 18.1 Å². The molecule has 3 N–H and O–H groups in total. The van der Waals surface area contributed by atoms with Crippen molar-refractivity contribution in [1.29, 1.82) is 0 Å². The summed E-state index contributed by atoms with van der Waals surface area (Å²) in [5.41, 5.74) is 6.84. The quantitative estimate of drug-likeness (QED) is 0.741. The van der Waals surface area contributed by atoms with Gasteiger partial charge in [0.2, 0.25) is 5.91 Å². The topological polar surface area (TPSA) is 81.4 Å². The zero-order valence-electron chi connectivity index (χ0n) is 12.8. The summed E-state index contributed by atoms with van der Waals surface area (Å²) in [6.07, 6.45) is 1.18. The van der Waals surface area contributed by atoms with E-state index >= 15 is 0 Å². The summed E-state index contributed by atoms with van der Waals surface area (Å²) in [6.45, 7) is 3.88. The summed E-state index contributed by atoms with van der Waals surface area (Å²) in [5.74, 6) is -0.737. The molecule has 1 amide bonds. The minimum atomic E-state index is -0.722. The first kappa shape index (κ1) is 17.2. The SMILES string of the molecule is CCC(C)C(N)C(=O)NC(Cc1ccccc1)C(=O)OC. The Morgan fingerprint density at radius 2 is 1.90 bits per heavy atom. The molecule has 1 aromatic carbocycles. The van der Waals surface area contributed by atoms with Gasteiger partial charge >= 0.3 is 5.97 Å². The van der Waals surface area contributed by atoms with Gasteiger partial charge in [0.25, 0.3) is 0 Å². The Kier molecular flexibility index (Phi) is 6.88. The van der Waals surface area contributed by atoms with E-state index in [1.807, 2.05) is 44.2 Å². The van der Waals surface area contributed by atoms with Crippen LogP contribution in [0.5, 0.6) is 0 Å². The van der Waals surface area contributed by atoms with E-state index in [9.17, 15) is 9.59 Å². The molecule has 0 aliphatic rings. The molecule has 21 heavy (non-hydrogen) atoms. The van der Waals surface area contributed by atoms with Crippen molar-refractivity contribution in [2.45, 2.75) is 38.8 Å². The third-order valence-corrected chi connectivity index (χ3v) is 3.64. The van der Waals surface area contributed by atoms with Gasteiger partial charge in [-0.25, -0.2) is 4.79 Å². The second kappa shape index (κ2) is 8.42. The van der Waals surface area contributed by atoms with Crippen LogP contribution >= 0.6 is 0 Å². The van der Waals surface area contributed by atoms with Crippen molar-refractivity contribution in [2.75, 3.05) is 7.11 Å². The van der Waals surface area contributed by atoms with Crippen molar-refractivity contribution in [3.05, 3.63) is 35.9 Å². The summed E-state index contributed by atoms with van der Waals surface area (Å²) in [7, 11) is 1.31. The van der Waals surface area contributed by atoms with Crippen molar-refractivity contribution >= 4 is 11.9 Å². The number of methoxy groups -OCH3 is 1. The maximum absolute atomic E-state index is 12.1. The zero-order valence-corrected chi connectivity index (χ0v) is 12.8. The van der Waals surface area contributed by atoms with Crippen LogP contribution in [0.3, 0.4) is 0 Å². The van der Waals surface area contributed by atoms with E-state index in [2.05, 4.69) is 5.32 Å². The number of esters is 1. The summed E-state index contributed by atoms with van der Waals surface area (Å²) < 4.78 is 4.76. The number of nitrogens with one attached hydrogen (secondary N) is 1. The molecule has 5 nitrogen and oxygen atoms in total. The Bertz CT molecular complexity index is 462. The lowest BCUT2D eigenvalue weighted by Gasteiger charge is -2.22. The molecule has 116 valence electrons. The van der Waals surface area contributed by atoms with Crippen molar-refractivity contribution in [2.24, 2.45) is 11.7 Å². The van der Waals surface area contributed by atoms with E-state index in [-0.39, 0.29) is 11.8 Å². The Labute approximate surface area is 125 Å². The van der Waals surface area contributed by atoms with Crippen molar-refractivity contribution in [1.82, 2.24) is 5.32 Å². The second-order valence-electron chi connectivity index (χ2n) is 5.19. The van der Waals surface area contributed by atoms with Crippen LogP contribution in [0.2, 0.25) is 0 Å². The number of hydrogen-bond acceptors (Lipinski definition) is 4. The van der Waals surface area contributed by atoms with Crippen molar-refractivity contribution < 1.29 is 14.3 Å². The molecule has 0 fully saturated rings. The number of carbonyl (C=O) groups is 2. The fraction of sp³-hybridized carbons (Fsp3) is 0.500. The molecule has 0 aliphatic heterocycles. The molecule has 1 rings (SSSR count). The maximum Gasteiger partial charge on any atom is 0.328 e. The number of ether oxygens (including phenoxy) is 1. The first-order valence-electron chi connectivity index (χ1n) is 7.17. The van der Waals surface area contributed by atoms with Gasteiger partial charge in [-0.2, -0.15) is 0 Å². The molecular formula is C16H24N2O3. The standard InChI is InChI=1S/C16H24N2O3/c1-4-11(2)14(17)15(19)18-13(16(20)21-3)10-12-8-6-5-7-9-12/h5-9,11,13-14H,4,10,17H2,1-3H3,(H,18,19). The molecule has 0 radical (unpaired) electrons. The second-order valence-corrected chi connectivity index (χ2v) is 5.19. The summed E-state index contributed by atoms with van der Waals surface area (Å²) >= 11 is 0. The van der Waals surface area contributed by atoms with E-state index in [0.29, 0.717) is 6.42 Å². The van der Waals surface area contributed by atoms with E-state index in [0.717, 1.165) is 12.0 Å². The van der Waals surface area contributed by atoms with Gasteiger partial charge in [-0.05, 0) is 11.5 Å². The number of amides is 1. The average Bonchev–Trinajstić information content (AvgIpc) is 2.52. The van der Waals surface area contributed by atoms with Crippen LogP contribution in [0.15, 0.2) is 30.3 Å². The Morgan fingerprint density at radius 1 is 1.29 bits per heavy atom. The molecule has 1 aromatic rings. The minimum Gasteiger partial charge on any atom is -0.467 e. The number of benzene rings is 1. The molecule has 0 saturated carbocycles. The largest absolute Gasteiger partial charge is 0.467 e. The van der Waals surface area contributed by atoms with Gasteiger partial charge in [-0.3, -0.25) is 4.79 Å². The lowest BCUT2D eigenvalue weighted by atomic mass is 9.98. The van der Waals surface area contributed by atoms with Crippen molar-refractivity contribution in [3.8, 4) is 0 Å². The molecule has 0 spiro atoms. The highest BCUT2D eigenvalue weighted by Gasteiger charge is 2.26. The van der Waals surface area contributed by atoms with Crippen LogP contribution < -0.4 is 11.1 Å². The van der Waals surface area contributed by atoms with Gasteiger partial charge in [0.1, 0.15) is 6.04 Å². The number of nitrogens with two attached hydrogens (primary N) is 1. The maximum atomic E-state index is 12.1. The van der Waals surface area contributed by atoms with Gasteiger partial charge in [0.15, 0.2) is 0 Å². The van der Waals surface area contributed by atoms with Crippen LogP contribution in [0.25, 0.3) is 0 Å². The fourth-order valence-corrected chi connectivity index (χ4v) is 1.97. The Morgan fingerprint density at radius 3 is 2.43 bits per heavy atom. The van der Waals surface area contributed by atoms with Gasteiger partial charge in [-0.15, -0.1) is 0 Å². The fourth-order valence-electron chi connectivity index (χ4n) is 1.97. The minimum absolute atomic E-state index is 0.0556. The molecule has 0 bridgehead atoms. The van der Waals surface area contributed by atoms with Crippen LogP contribution in [0.4, 0.5) is 0 Å². The zero-order chi connectivity index (χ0) is 15.8. The number of rotatable bonds is 7. The molecular weight excluding hydrogens is 268 g/mol. The molecule has 0 saturated heterocycles. The summed E-state index contributed by atoms with van der Waals surface area (Å²) in [5, 5.41) is 2.69. The van der Waals surface area contributed by atoms with Crippen molar-refractivity contribution in [3.63, 3.8) is 0 Å². The normalized spacial score (nSPS) is 14.9. The summed E-state index contributed by atoms with van der Waals surface area (Å²) in [6, 6.07) is 8.12. The highest BCUT2D eigenvalue weighted by molar-refractivity contribution is 5.87. The number of carbonyl (C=O) groups excluding carboxylic acids is 2. The highest BCUT2D eigenvalue weighted by atomic mass is 16.5. The van der Waals surface area contributed by atoms with Gasteiger partial charge in [-0.1, -0.05) is 50.6 Å². The number of hydrogen-bond donors (Lipinski definition) is 2. The predicted octanol–water partition coefficient (Wildman–Crippen LogP) is 1.26. The van der Waals surface area contributed by atoms with Crippen LogP contribution in [-0.4, -0.2) is 31.1 Å². The van der Waals surface area contributed by atoms with E-state index in [1.165, 1.54) is 7.11 Å². The molecule has 3 atom stereocenters. The highest BCUT2D eigenvalue weighted by Crippen LogP contribution is 2.08. The lowest BCUT2D eigenvalue weighted by molar-refractivity contribution is -0.145. The molecule has 5 heteroatoms. The first-order chi connectivity index (χ1) is 9.99. The van der Waals surface area contributed by atoms with Gasteiger partial charge < -0.3 is 15.8 Å². The lowest BCUT2D eigenvalue weighted by Crippen LogP contribution is -2.51. The third kappa shape index (κ3) is 5.19. The average molecular weight is 292 g/mol. The van der Waals surface area contributed by atoms with E-state index in [1.54, 1.807) is 0 Å².